The van der Waals surface area contributed by atoms with Gasteiger partial charge >= 0.3 is 0 Å². The molecular formula is C14H17ClO2. The van der Waals surface area contributed by atoms with Crippen molar-refractivity contribution in [3.05, 3.63) is 28.3 Å². The molecule has 17 heavy (non-hydrogen) atoms. The number of hydrogen-bond donors (Lipinski definition) is 1. The van der Waals surface area contributed by atoms with Gasteiger partial charge in [-0.05, 0) is 54.9 Å². The molecule has 1 N–H and O–H groups in total. The van der Waals surface area contributed by atoms with Crippen LogP contribution < -0.4 is 4.74 Å². The van der Waals surface area contributed by atoms with Crippen molar-refractivity contribution in [1.82, 2.24) is 0 Å². The van der Waals surface area contributed by atoms with E-state index >= 15 is 0 Å². The number of rotatable bonds is 2. The molecule has 2 unspecified atom stereocenters. The third-order valence-corrected chi connectivity index (χ3v) is 4.07. The van der Waals surface area contributed by atoms with Crippen molar-refractivity contribution >= 4 is 11.6 Å². The summed E-state index contributed by atoms with van der Waals surface area (Å²) in [6, 6.07) is 4.04. The van der Waals surface area contributed by atoms with Gasteiger partial charge in [0.15, 0.2) is 0 Å². The third kappa shape index (κ3) is 2.29. The molecule has 2 aliphatic rings. The molecule has 92 valence electrons. The Bertz CT molecular complexity index is 430. The summed E-state index contributed by atoms with van der Waals surface area (Å²) in [5.41, 5.74) is 2.47. The second kappa shape index (κ2) is 4.51. The molecule has 1 saturated carbocycles. The van der Waals surface area contributed by atoms with Gasteiger partial charge in [0.2, 0.25) is 0 Å². The average molecular weight is 253 g/mol. The summed E-state index contributed by atoms with van der Waals surface area (Å²) in [7, 11) is 0. The van der Waals surface area contributed by atoms with E-state index < -0.39 is 0 Å². The molecule has 1 heterocycles. The first-order chi connectivity index (χ1) is 8.22. The average Bonchev–Trinajstić information content (AvgIpc) is 2.87. The lowest BCUT2D eigenvalue weighted by molar-refractivity contribution is 0.177. The second-order valence-electron chi connectivity index (χ2n) is 5.19. The largest absolute Gasteiger partial charge is 0.493 e. The predicted molar refractivity (Wildman–Crippen MR) is 67.7 cm³/mol. The van der Waals surface area contributed by atoms with E-state index in [0.717, 1.165) is 49.5 Å². The number of benzene rings is 1. The van der Waals surface area contributed by atoms with Gasteiger partial charge in [-0.1, -0.05) is 11.6 Å². The first-order valence-electron chi connectivity index (χ1n) is 6.34. The summed E-state index contributed by atoms with van der Waals surface area (Å²) in [5.74, 6) is 1.63. The van der Waals surface area contributed by atoms with Crippen LogP contribution in [0.25, 0.3) is 0 Å². The van der Waals surface area contributed by atoms with Crippen molar-refractivity contribution in [2.24, 2.45) is 5.92 Å². The van der Waals surface area contributed by atoms with E-state index in [-0.39, 0.29) is 6.10 Å². The molecular weight excluding hydrogens is 236 g/mol. The Morgan fingerprint density at radius 1 is 1.35 bits per heavy atom. The summed E-state index contributed by atoms with van der Waals surface area (Å²) in [5, 5.41) is 10.4. The molecule has 0 amide bonds. The zero-order valence-corrected chi connectivity index (χ0v) is 10.5. The lowest BCUT2D eigenvalue weighted by Crippen LogP contribution is -2.04. The zero-order chi connectivity index (χ0) is 11.8. The maximum absolute atomic E-state index is 9.57. The van der Waals surface area contributed by atoms with Gasteiger partial charge in [0, 0.05) is 11.4 Å². The molecule has 1 aliphatic heterocycles. The number of hydrogen-bond acceptors (Lipinski definition) is 2. The van der Waals surface area contributed by atoms with Gasteiger partial charge in [0.1, 0.15) is 5.75 Å². The van der Waals surface area contributed by atoms with Crippen LogP contribution in [0.2, 0.25) is 5.02 Å². The number of halogens is 1. The zero-order valence-electron chi connectivity index (χ0n) is 9.79. The first kappa shape index (κ1) is 11.4. The molecule has 1 aromatic carbocycles. The van der Waals surface area contributed by atoms with Crippen molar-refractivity contribution in [3.63, 3.8) is 0 Å². The molecule has 1 aliphatic carbocycles. The Balaban J connectivity index is 1.83. The van der Waals surface area contributed by atoms with Crippen LogP contribution in [0.5, 0.6) is 5.75 Å². The van der Waals surface area contributed by atoms with Crippen LogP contribution in [-0.4, -0.2) is 17.8 Å². The van der Waals surface area contributed by atoms with Crippen molar-refractivity contribution < 1.29 is 9.84 Å². The van der Waals surface area contributed by atoms with Gasteiger partial charge in [0.25, 0.3) is 0 Å². The second-order valence-corrected chi connectivity index (χ2v) is 5.63. The van der Waals surface area contributed by atoms with Crippen LogP contribution in [0.15, 0.2) is 12.1 Å². The Kier molecular flexibility index (Phi) is 3.01. The lowest BCUT2D eigenvalue weighted by atomic mass is 9.95. The van der Waals surface area contributed by atoms with E-state index in [1.165, 1.54) is 11.1 Å². The molecule has 2 atom stereocenters. The fourth-order valence-electron chi connectivity index (χ4n) is 3.04. The normalized spacial score (nSPS) is 26.9. The Labute approximate surface area is 107 Å². The van der Waals surface area contributed by atoms with Crippen LogP contribution in [0.1, 0.15) is 30.4 Å². The molecule has 0 radical (unpaired) electrons. The Hall–Kier alpha value is -0.730. The van der Waals surface area contributed by atoms with Crippen LogP contribution in [0, 0.1) is 5.92 Å². The van der Waals surface area contributed by atoms with Crippen LogP contribution in [0.3, 0.4) is 0 Å². The van der Waals surface area contributed by atoms with E-state index in [1.807, 2.05) is 12.1 Å². The van der Waals surface area contributed by atoms with Gasteiger partial charge in [0.05, 0.1) is 12.7 Å². The van der Waals surface area contributed by atoms with Crippen LogP contribution in [-0.2, 0) is 12.8 Å². The predicted octanol–water partition coefficient (Wildman–Crippen LogP) is 2.98. The highest BCUT2D eigenvalue weighted by molar-refractivity contribution is 6.30. The molecule has 0 bridgehead atoms. The smallest absolute Gasteiger partial charge is 0.125 e. The molecule has 1 aromatic rings. The van der Waals surface area contributed by atoms with Gasteiger partial charge in [-0.15, -0.1) is 0 Å². The number of ether oxygens (including phenoxy) is 1. The number of fused-ring (bicyclic) bond motifs is 1. The van der Waals surface area contributed by atoms with Crippen molar-refractivity contribution in [1.29, 1.82) is 0 Å². The summed E-state index contributed by atoms with van der Waals surface area (Å²) in [4.78, 5) is 0. The minimum absolute atomic E-state index is 0.104. The van der Waals surface area contributed by atoms with Crippen LogP contribution in [0.4, 0.5) is 0 Å². The Morgan fingerprint density at radius 2 is 2.24 bits per heavy atom. The summed E-state index contributed by atoms with van der Waals surface area (Å²) >= 11 is 6.14. The SMILES string of the molecule is OC1CCC(Cc2cc(Cl)cc3c2OCC3)C1. The van der Waals surface area contributed by atoms with E-state index in [0.29, 0.717) is 5.92 Å². The maximum Gasteiger partial charge on any atom is 0.125 e. The number of aliphatic hydroxyl groups is 1. The monoisotopic (exact) mass is 252 g/mol. The molecule has 2 nitrogen and oxygen atoms in total. The highest BCUT2D eigenvalue weighted by atomic mass is 35.5. The molecule has 0 saturated heterocycles. The van der Waals surface area contributed by atoms with E-state index in [4.69, 9.17) is 16.3 Å². The standard InChI is InChI=1S/C14H17ClO2/c15-12-7-10-3-4-17-14(10)11(8-12)5-9-1-2-13(16)6-9/h7-9,13,16H,1-6H2. The van der Waals surface area contributed by atoms with E-state index in [9.17, 15) is 5.11 Å². The molecule has 3 rings (SSSR count). The maximum atomic E-state index is 9.57. The van der Waals surface area contributed by atoms with Crippen molar-refractivity contribution in [3.8, 4) is 5.75 Å². The quantitative estimate of drug-likeness (QED) is 0.877. The fourth-order valence-corrected chi connectivity index (χ4v) is 3.31. The first-order valence-corrected chi connectivity index (χ1v) is 6.72. The van der Waals surface area contributed by atoms with E-state index in [2.05, 4.69) is 0 Å². The highest BCUT2D eigenvalue weighted by Gasteiger charge is 2.25. The molecule has 3 heteroatoms. The van der Waals surface area contributed by atoms with Crippen molar-refractivity contribution in [2.75, 3.05) is 6.61 Å². The lowest BCUT2D eigenvalue weighted by Gasteiger charge is -2.13. The molecule has 1 fully saturated rings. The minimum atomic E-state index is -0.104. The fraction of sp³-hybridized carbons (Fsp3) is 0.571. The van der Waals surface area contributed by atoms with Crippen molar-refractivity contribution in [2.45, 2.75) is 38.2 Å². The summed E-state index contributed by atoms with van der Waals surface area (Å²) in [6.07, 6.45) is 4.82. The summed E-state index contributed by atoms with van der Waals surface area (Å²) < 4.78 is 5.70. The Morgan fingerprint density at radius 3 is 3.00 bits per heavy atom. The highest BCUT2D eigenvalue weighted by Crippen LogP contribution is 2.37. The van der Waals surface area contributed by atoms with Gasteiger partial charge in [-0.3, -0.25) is 0 Å². The van der Waals surface area contributed by atoms with Gasteiger partial charge in [-0.2, -0.15) is 0 Å². The minimum Gasteiger partial charge on any atom is -0.493 e. The van der Waals surface area contributed by atoms with Crippen LogP contribution >= 0.6 is 11.6 Å². The molecule has 0 aromatic heterocycles. The number of aliphatic hydroxyl groups excluding tert-OH is 1. The van der Waals surface area contributed by atoms with E-state index in [1.54, 1.807) is 0 Å². The third-order valence-electron chi connectivity index (χ3n) is 3.85. The summed E-state index contributed by atoms with van der Waals surface area (Å²) in [6.45, 7) is 0.774. The topological polar surface area (TPSA) is 29.5 Å². The molecule has 0 spiro atoms. The van der Waals surface area contributed by atoms with Gasteiger partial charge < -0.3 is 9.84 Å². The van der Waals surface area contributed by atoms with Gasteiger partial charge in [-0.25, -0.2) is 0 Å².